The highest BCUT2D eigenvalue weighted by molar-refractivity contribution is 5.89. The lowest BCUT2D eigenvalue weighted by atomic mass is 10.1. The van der Waals surface area contributed by atoms with Crippen LogP contribution in [-0.4, -0.2) is 33.7 Å². The van der Waals surface area contributed by atoms with Crippen LogP contribution in [0.25, 0.3) is 4.85 Å². The molecular formula is C16H15N5O2. The quantitative estimate of drug-likeness (QED) is 0.812. The highest BCUT2D eigenvalue weighted by atomic mass is 16.6. The van der Waals surface area contributed by atoms with E-state index in [0.29, 0.717) is 13.1 Å². The number of anilines is 1. The van der Waals surface area contributed by atoms with E-state index in [1.807, 2.05) is 24.3 Å². The largest absolute Gasteiger partial charge is 0.442 e. The van der Waals surface area contributed by atoms with Crippen LogP contribution in [0.5, 0.6) is 0 Å². The molecule has 0 unspecified atom stereocenters. The number of aromatic nitrogens is 3. The zero-order chi connectivity index (χ0) is 15.9. The molecular weight excluding hydrogens is 294 g/mol. The van der Waals surface area contributed by atoms with Gasteiger partial charge in [0.05, 0.1) is 19.3 Å². The van der Waals surface area contributed by atoms with Crippen LogP contribution in [0.15, 0.2) is 36.7 Å². The van der Waals surface area contributed by atoms with Crippen molar-refractivity contribution >= 4 is 11.8 Å². The van der Waals surface area contributed by atoms with Crippen molar-refractivity contribution in [2.24, 2.45) is 0 Å². The molecule has 1 aromatic heterocycles. The van der Waals surface area contributed by atoms with Gasteiger partial charge in [-0.25, -0.2) is 16.0 Å². The van der Waals surface area contributed by atoms with E-state index in [2.05, 4.69) is 15.2 Å². The number of rotatable bonds is 4. The molecule has 1 saturated heterocycles. The maximum atomic E-state index is 12.1. The number of benzene rings is 1. The predicted octanol–water partition coefficient (Wildman–Crippen LogP) is 2.21. The third-order valence-electron chi connectivity index (χ3n) is 4.39. The highest BCUT2D eigenvalue weighted by Crippen LogP contribution is 2.49. The maximum absolute atomic E-state index is 12.1. The summed E-state index contributed by atoms with van der Waals surface area (Å²) in [5.74, 6) is 0. The van der Waals surface area contributed by atoms with Crippen molar-refractivity contribution in [3.05, 3.63) is 53.6 Å². The van der Waals surface area contributed by atoms with Gasteiger partial charge in [0.1, 0.15) is 6.10 Å². The van der Waals surface area contributed by atoms with Crippen LogP contribution in [0.4, 0.5) is 10.5 Å². The first-order valence-corrected chi connectivity index (χ1v) is 7.52. The second-order valence-corrected chi connectivity index (χ2v) is 5.93. The summed E-state index contributed by atoms with van der Waals surface area (Å²) in [4.78, 5) is 17.4. The van der Waals surface area contributed by atoms with Gasteiger partial charge in [-0.05, 0) is 24.3 Å². The number of carbonyl (C=O) groups excluding carboxylic acids is 1. The van der Waals surface area contributed by atoms with E-state index in [4.69, 9.17) is 11.3 Å². The zero-order valence-electron chi connectivity index (χ0n) is 12.4. The molecule has 116 valence electrons. The van der Waals surface area contributed by atoms with Crippen molar-refractivity contribution in [3.8, 4) is 0 Å². The molecule has 4 rings (SSSR count). The topological polar surface area (TPSA) is 64.6 Å². The molecule has 2 aromatic rings. The SMILES string of the molecule is [C-]#[N+]C1(c2ccc(N3C[C@H](Cn4ccnn4)OC3=O)cc2)CC1. The van der Waals surface area contributed by atoms with Crippen molar-refractivity contribution in [1.29, 1.82) is 0 Å². The first-order chi connectivity index (χ1) is 11.2. The van der Waals surface area contributed by atoms with Crippen molar-refractivity contribution in [2.75, 3.05) is 11.4 Å². The first-order valence-electron chi connectivity index (χ1n) is 7.52. The fourth-order valence-corrected chi connectivity index (χ4v) is 2.90. The van der Waals surface area contributed by atoms with Gasteiger partial charge in [0, 0.05) is 30.3 Å². The lowest BCUT2D eigenvalue weighted by molar-refractivity contribution is 0.129. The summed E-state index contributed by atoms with van der Waals surface area (Å²) in [6.07, 6.45) is 4.57. The van der Waals surface area contributed by atoms with E-state index >= 15 is 0 Å². The van der Waals surface area contributed by atoms with Crippen LogP contribution in [-0.2, 0) is 16.8 Å². The van der Waals surface area contributed by atoms with Crippen molar-refractivity contribution < 1.29 is 9.53 Å². The molecule has 2 fully saturated rings. The second kappa shape index (κ2) is 5.09. The summed E-state index contributed by atoms with van der Waals surface area (Å²) in [5, 5.41) is 7.63. The Kier molecular flexibility index (Phi) is 3.05. The molecule has 23 heavy (non-hydrogen) atoms. The van der Waals surface area contributed by atoms with Gasteiger partial charge in [0.2, 0.25) is 0 Å². The summed E-state index contributed by atoms with van der Waals surface area (Å²) < 4.78 is 7.03. The Bertz CT molecular complexity index is 759. The minimum Gasteiger partial charge on any atom is -0.442 e. The van der Waals surface area contributed by atoms with Crippen LogP contribution >= 0.6 is 0 Å². The van der Waals surface area contributed by atoms with Crippen molar-refractivity contribution in [1.82, 2.24) is 15.0 Å². The molecule has 2 heterocycles. The molecule has 2 aliphatic rings. The van der Waals surface area contributed by atoms with Crippen molar-refractivity contribution in [3.63, 3.8) is 0 Å². The number of hydrogen-bond donors (Lipinski definition) is 0. The van der Waals surface area contributed by atoms with Gasteiger partial charge in [-0.1, -0.05) is 5.21 Å². The molecule has 7 nitrogen and oxygen atoms in total. The molecule has 1 aromatic carbocycles. The molecule has 0 radical (unpaired) electrons. The fraction of sp³-hybridized carbons (Fsp3) is 0.375. The van der Waals surface area contributed by atoms with E-state index in [9.17, 15) is 4.79 Å². The molecule has 1 atom stereocenters. The summed E-state index contributed by atoms with van der Waals surface area (Å²) in [6.45, 7) is 8.27. The molecule has 7 heteroatoms. The average molecular weight is 309 g/mol. The van der Waals surface area contributed by atoms with Gasteiger partial charge < -0.3 is 9.58 Å². The number of nitrogens with zero attached hydrogens (tertiary/aromatic N) is 5. The first kappa shape index (κ1) is 13.8. The number of amides is 1. The molecule has 0 spiro atoms. The number of hydrogen-bond acceptors (Lipinski definition) is 4. The molecule has 1 aliphatic heterocycles. The zero-order valence-corrected chi connectivity index (χ0v) is 12.4. The molecule has 1 amide bonds. The van der Waals surface area contributed by atoms with E-state index in [-0.39, 0.29) is 17.7 Å². The molecule has 1 aliphatic carbocycles. The highest BCUT2D eigenvalue weighted by Gasteiger charge is 2.52. The van der Waals surface area contributed by atoms with Crippen LogP contribution in [0, 0.1) is 6.57 Å². The van der Waals surface area contributed by atoms with Gasteiger partial charge in [-0.3, -0.25) is 4.90 Å². The predicted molar refractivity (Wildman–Crippen MR) is 81.6 cm³/mol. The Balaban J connectivity index is 1.48. The molecule has 0 N–H and O–H groups in total. The minimum absolute atomic E-state index is 0.248. The number of ether oxygens (including phenoxy) is 1. The Morgan fingerprint density at radius 2 is 2.13 bits per heavy atom. The summed E-state index contributed by atoms with van der Waals surface area (Å²) >= 11 is 0. The van der Waals surface area contributed by atoms with E-state index in [0.717, 1.165) is 24.1 Å². The molecule has 0 bridgehead atoms. The standard InChI is InChI=1S/C16H15N5O2/c1-17-16(6-7-16)12-2-4-13(5-3-12)21-11-14(23-15(21)22)10-20-9-8-18-19-20/h2-5,8-9,14H,6-7,10-11H2/t14-/m0/s1. The fourth-order valence-electron chi connectivity index (χ4n) is 2.90. The van der Waals surface area contributed by atoms with Gasteiger partial charge in [-0.15, -0.1) is 5.10 Å². The Morgan fingerprint density at radius 3 is 2.74 bits per heavy atom. The van der Waals surface area contributed by atoms with Crippen LogP contribution in [0.1, 0.15) is 18.4 Å². The third kappa shape index (κ3) is 2.42. The molecule has 1 saturated carbocycles. The smallest absolute Gasteiger partial charge is 0.414 e. The lowest BCUT2D eigenvalue weighted by Gasteiger charge is -2.13. The summed E-state index contributed by atoms with van der Waals surface area (Å²) in [6, 6.07) is 7.66. The monoisotopic (exact) mass is 309 g/mol. The van der Waals surface area contributed by atoms with Gasteiger partial charge in [0.15, 0.2) is 0 Å². The van der Waals surface area contributed by atoms with Crippen LogP contribution in [0.3, 0.4) is 0 Å². The van der Waals surface area contributed by atoms with Gasteiger partial charge in [0.25, 0.3) is 5.54 Å². The van der Waals surface area contributed by atoms with Crippen LogP contribution in [0.2, 0.25) is 0 Å². The number of cyclic esters (lactones) is 1. The second-order valence-electron chi connectivity index (χ2n) is 5.93. The minimum atomic E-state index is -0.353. The van der Waals surface area contributed by atoms with Gasteiger partial charge in [-0.2, -0.15) is 0 Å². The van der Waals surface area contributed by atoms with Crippen molar-refractivity contribution in [2.45, 2.75) is 31.0 Å². The summed E-state index contributed by atoms with van der Waals surface area (Å²) in [7, 11) is 0. The maximum Gasteiger partial charge on any atom is 0.414 e. The van der Waals surface area contributed by atoms with Gasteiger partial charge >= 0.3 is 6.09 Å². The Labute approximate surface area is 133 Å². The Hall–Kier alpha value is -2.88. The number of carbonyl (C=O) groups is 1. The third-order valence-corrected chi connectivity index (χ3v) is 4.39. The average Bonchev–Trinajstić information content (AvgIpc) is 3.05. The van der Waals surface area contributed by atoms with E-state index in [1.165, 1.54) is 0 Å². The van der Waals surface area contributed by atoms with Crippen LogP contribution < -0.4 is 4.90 Å². The lowest BCUT2D eigenvalue weighted by Crippen LogP contribution is -2.26. The van der Waals surface area contributed by atoms with E-state index < -0.39 is 0 Å². The summed E-state index contributed by atoms with van der Waals surface area (Å²) in [5.41, 5.74) is 1.50. The van der Waals surface area contributed by atoms with E-state index in [1.54, 1.807) is 22.0 Å². The Morgan fingerprint density at radius 1 is 1.35 bits per heavy atom. The normalized spacial score (nSPS) is 21.8.